The van der Waals surface area contributed by atoms with Gasteiger partial charge < -0.3 is 10.2 Å². The van der Waals surface area contributed by atoms with E-state index in [1.165, 1.54) is 30.5 Å². The minimum atomic E-state index is 0.420. The highest BCUT2D eigenvalue weighted by Gasteiger charge is 2.30. The first-order chi connectivity index (χ1) is 9.03. The van der Waals surface area contributed by atoms with Crippen molar-refractivity contribution in [2.24, 2.45) is 5.41 Å². The fourth-order valence-corrected chi connectivity index (χ4v) is 3.01. The molecule has 1 saturated carbocycles. The molecule has 1 heterocycles. The summed E-state index contributed by atoms with van der Waals surface area (Å²) in [5, 5.41) is 4.45. The van der Waals surface area contributed by atoms with Gasteiger partial charge in [-0.05, 0) is 42.4 Å². The number of halogens is 1. The molecule has 3 heteroatoms. The molecular weight excluding hydrogens is 256 g/mol. The van der Waals surface area contributed by atoms with Crippen molar-refractivity contribution >= 4 is 17.3 Å². The molecule has 1 saturated heterocycles. The summed E-state index contributed by atoms with van der Waals surface area (Å²) in [4.78, 5) is 2.50. The van der Waals surface area contributed by atoms with Gasteiger partial charge in [-0.3, -0.25) is 0 Å². The molecule has 0 radical (unpaired) electrons. The highest BCUT2D eigenvalue weighted by atomic mass is 35.5. The lowest BCUT2D eigenvalue weighted by Crippen LogP contribution is -2.25. The second kappa shape index (κ2) is 4.99. The zero-order valence-electron chi connectivity index (χ0n) is 11.9. The predicted octanol–water partition coefficient (Wildman–Crippen LogP) is 3.83. The molecule has 0 spiro atoms. The van der Waals surface area contributed by atoms with E-state index >= 15 is 0 Å². The summed E-state index contributed by atoms with van der Waals surface area (Å²) in [6.07, 6.45) is 3.92. The molecule has 1 aromatic rings. The van der Waals surface area contributed by atoms with E-state index in [0.29, 0.717) is 5.41 Å². The number of anilines is 1. The van der Waals surface area contributed by atoms with E-state index in [2.05, 4.69) is 36.2 Å². The predicted molar refractivity (Wildman–Crippen MR) is 81.9 cm³/mol. The first-order valence-electron chi connectivity index (χ1n) is 7.30. The zero-order chi connectivity index (χ0) is 13.5. The maximum atomic E-state index is 6.19. The van der Waals surface area contributed by atoms with Crippen molar-refractivity contribution in [2.75, 3.05) is 18.0 Å². The first kappa shape index (κ1) is 13.3. The lowest BCUT2D eigenvalue weighted by Gasteiger charge is -2.24. The summed E-state index contributed by atoms with van der Waals surface area (Å²) in [6.45, 7) is 7.93. The van der Waals surface area contributed by atoms with E-state index in [1.807, 2.05) is 6.07 Å². The Hall–Kier alpha value is -0.730. The Kier molecular flexibility index (Phi) is 3.48. The highest BCUT2D eigenvalue weighted by molar-refractivity contribution is 6.30. The van der Waals surface area contributed by atoms with E-state index in [1.54, 1.807) is 0 Å². The molecule has 19 heavy (non-hydrogen) atoms. The summed E-state index contributed by atoms with van der Waals surface area (Å²) in [7, 11) is 0. The van der Waals surface area contributed by atoms with Crippen molar-refractivity contribution in [2.45, 2.75) is 45.7 Å². The van der Waals surface area contributed by atoms with Gasteiger partial charge in [0, 0.05) is 36.4 Å². The lowest BCUT2D eigenvalue weighted by atomic mass is 9.93. The Morgan fingerprint density at radius 1 is 1.37 bits per heavy atom. The van der Waals surface area contributed by atoms with Gasteiger partial charge in [-0.15, -0.1) is 0 Å². The summed E-state index contributed by atoms with van der Waals surface area (Å²) < 4.78 is 0. The van der Waals surface area contributed by atoms with E-state index in [-0.39, 0.29) is 0 Å². The van der Waals surface area contributed by atoms with E-state index in [4.69, 9.17) is 11.6 Å². The molecule has 2 aliphatic rings. The molecule has 0 bridgehead atoms. The number of benzene rings is 1. The Bertz CT molecular complexity index is 466. The standard InChI is InChI=1S/C16H23ClN2/c1-16(2)7-8-19(11-16)15-9-13(17)4-3-12(15)10-18-14-5-6-14/h3-4,9,14,18H,5-8,10-11H2,1-2H3. The highest BCUT2D eigenvalue weighted by Crippen LogP contribution is 2.35. The average Bonchev–Trinajstić information content (AvgIpc) is 3.11. The third-order valence-electron chi connectivity index (χ3n) is 4.22. The zero-order valence-corrected chi connectivity index (χ0v) is 12.6. The fraction of sp³-hybridized carbons (Fsp3) is 0.625. The van der Waals surface area contributed by atoms with Crippen LogP contribution in [0.5, 0.6) is 0 Å². The summed E-state index contributed by atoms with van der Waals surface area (Å²) >= 11 is 6.19. The van der Waals surface area contributed by atoms with Crippen LogP contribution in [0.1, 0.15) is 38.7 Å². The summed E-state index contributed by atoms with van der Waals surface area (Å²) in [5.74, 6) is 0. The van der Waals surface area contributed by atoms with Gasteiger partial charge in [-0.25, -0.2) is 0 Å². The minimum Gasteiger partial charge on any atom is -0.371 e. The molecule has 1 aliphatic carbocycles. The Morgan fingerprint density at radius 2 is 2.16 bits per heavy atom. The van der Waals surface area contributed by atoms with Gasteiger partial charge in [0.15, 0.2) is 0 Å². The maximum absolute atomic E-state index is 6.19. The second-order valence-electron chi connectivity index (χ2n) is 6.76. The largest absolute Gasteiger partial charge is 0.371 e. The van der Waals surface area contributed by atoms with Crippen LogP contribution >= 0.6 is 11.6 Å². The minimum absolute atomic E-state index is 0.420. The molecule has 3 rings (SSSR count). The summed E-state index contributed by atoms with van der Waals surface area (Å²) in [6, 6.07) is 7.07. The van der Waals surface area contributed by atoms with Crippen LogP contribution in [0.4, 0.5) is 5.69 Å². The molecule has 2 fully saturated rings. The molecule has 1 aliphatic heterocycles. The number of hydrogen-bond acceptors (Lipinski definition) is 2. The van der Waals surface area contributed by atoms with Gasteiger partial charge in [0.2, 0.25) is 0 Å². The van der Waals surface area contributed by atoms with Crippen LogP contribution in [0.3, 0.4) is 0 Å². The van der Waals surface area contributed by atoms with E-state index < -0.39 is 0 Å². The van der Waals surface area contributed by atoms with Gasteiger partial charge in [0.25, 0.3) is 0 Å². The number of hydrogen-bond donors (Lipinski definition) is 1. The molecule has 0 amide bonds. The number of nitrogens with zero attached hydrogens (tertiary/aromatic N) is 1. The molecule has 0 unspecified atom stereocenters. The van der Waals surface area contributed by atoms with Crippen LogP contribution in [0.2, 0.25) is 5.02 Å². The van der Waals surface area contributed by atoms with Crippen molar-refractivity contribution < 1.29 is 0 Å². The van der Waals surface area contributed by atoms with E-state index in [9.17, 15) is 0 Å². The van der Waals surface area contributed by atoms with Gasteiger partial charge >= 0.3 is 0 Å². The van der Waals surface area contributed by atoms with Crippen molar-refractivity contribution in [3.8, 4) is 0 Å². The Labute approximate surface area is 121 Å². The lowest BCUT2D eigenvalue weighted by molar-refractivity contribution is 0.418. The van der Waals surface area contributed by atoms with Crippen molar-refractivity contribution in [3.63, 3.8) is 0 Å². The monoisotopic (exact) mass is 278 g/mol. The van der Waals surface area contributed by atoms with Gasteiger partial charge in [-0.2, -0.15) is 0 Å². The molecule has 104 valence electrons. The third kappa shape index (κ3) is 3.24. The normalized spacial score (nSPS) is 21.9. The molecular formula is C16H23ClN2. The fourth-order valence-electron chi connectivity index (χ4n) is 2.84. The molecule has 2 nitrogen and oxygen atoms in total. The van der Waals surface area contributed by atoms with Crippen LogP contribution in [0.25, 0.3) is 0 Å². The number of nitrogens with one attached hydrogen (secondary N) is 1. The molecule has 0 aromatic heterocycles. The maximum Gasteiger partial charge on any atom is 0.0426 e. The quantitative estimate of drug-likeness (QED) is 0.900. The van der Waals surface area contributed by atoms with Gasteiger partial charge in [0.05, 0.1) is 0 Å². The summed E-state index contributed by atoms with van der Waals surface area (Å²) in [5.41, 5.74) is 3.13. The third-order valence-corrected chi connectivity index (χ3v) is 4.46. The average molecular weight is 279 g/mol. The van der Waals surface area contributed by atoms with Crippen molar-refractivity contribution in [3.05, 3.63) is 28.8 Å². The van der Waals surface area contributed by atoms with Crippen LogP contribution in [-0.2, 0) is 6.54 Å². The number of rotatable bonds is 4. The van der Waals surface area contributed by atoms with E-state index in [0.717, 1.165) is 30.7 Å². The van der Waals surface area contributed by atoms with Crippen molar-refractivity contribution in [1.82, 2.24) is 5.32 Å². The molecule has 1 N–H and O–H groups in total. The van der Waals surface area contributed by atoms with Crippen LogP contribution in [-0.4, -0.2) is 19.1 Å². The molecule has 0 atom stereocenters. The second-order valence-corrected chi connectivity index (χ2v) is 7.20. The SMILES string of the molecule is CC1(C)CCN(c2cc(Cl)ccc2CNC2CC2)C1. The smallest absolute Gasteiger partial charge is 0.0426 e. The Balaban J connectivity index is 1.79. The molecule has 1 aromatic carbocycles. The first-order valence-corrected chi connectivity index (χ1v) is 7.68. The van der Waals surface area contributed by atoms with Gasteiger partial charge in [-0.1, -0.05) is 31.5 Å². The van der Waals surface area contributed by atoms with Crippen LogP contribution in [0.15, 0.2) is 18.2 Å². The van der Waals surface area contributed by atoms with Crippen molar-refractivity contribution in [1.29, 1.82) is 0 Å². The van der Waals surface area contributed by atoms with Gasteiger partial charge in [0.1, 0.15) is 0 Å². The van der Waals surface area contributed by atoms with Crippen LogP contribution in [0, 0.1) is 5.41 Å². The van der Waals surface area contributed by atoms with Crippen LogP contribution < -0.4 is 10.2 Å². The topological polar surface area (TPSA) is 15.3 Å². The Morgan fingerprint density at radius 3 is 2.79 bits per heavy atom.